The number of piperazine rings is 1. The van der Waals surface area contributed by atoms with E-state index in [1.165, 1.54) is 32.1 Å². The minimum Gasteiger partial charge on any atom is -0.383 e. The van der Waals surface area contributed by atoms with Crippen molar-refractivity contribution >= 4 is 24.2 Å². The van der Waals surface area contributed by atoms with Crippen LogP contribution in [0, 0.1) is 5.92 Å². The van der Waals surface area contributed by atoms with Gasteiger partial charge in [0.05, 0.1) is 19.1 Å². The van der Waals surface area contributed by atoms with Gasteiger partial charge in [0.1, 0.15) is 0 Å². The molecule has 2 rings (SSSR count). The van der Waals surface area contributed by atoms with Crippen molar-refractivity contribution in [2.24, 2.45) is 5.92 Å². The predicted molar refractivity (Wildman–Crippen MR) is 91.7 cm³/mol. The van der Waals surface area contributed by atoms with E-state index in [2.05, 4.69) is 10.6 Å². The number of nitrogens with one attached hydrogen (secondary N) is 2. The minimum atomic E-state index is -0.392. The Bertz CT molecular complexity index is 376. The molecular weight excluding hydrogens is 318 g/mol. The van der Waals surface area contributed by atoms with Crippen LogP contribution in [0.5, 0.6) is 0 Å². The van der Waals surface area contributed by atoms with Crippen LogP contribution in [0.2, 0.25) is 0 Å². The summed E-state index contributed by atoms with van der Waals surface area (Å²) in [6.45, 7) is 3.30. The van der Waals surface area contributed by atoms with Crippen LogP contribution < -0.4 is 10.6 Å². The van der Waals surface area contributed by atoms with E-state index in [1.54, 1.807) is 12.0 Å². The van der Waals surface area contributed by atoms with Gasteiger partial charge in [-0.05, 0) is 18.8 Å². The van der Waals surface area contributed by atoms with Crippen LogP contribution in [0.4, 0.5) is 0 Å². The number of methoxy groups -OCH3 is 1. The molecule has 1 heterocycles. The van der Waals surface area contributed by atoms with Gasteiger partial charge in [0.2, 0.25) is 11.8 Å². The molecule has 6 nitrogen and oxygen atoms in total. The van der Waals surface area contributed by atoms with Crippen LogP contribution in [0.3, 0.4) is 0 Å². The summed E-state index contributed by atoms with van der Waals surface area (Å²) in [6, 6.07) is -0.392. The minimum absolute atomic E-state index is 0. The Kier molecular flexibility index (Phi) is 9.52. The van der Waals surface area contributed by atoms with Crippen molar-refractivity contribution in [3.63, 3.8) is 0 Å². The standard InChI is InChI=1S/C16H29N3O3.ClH/c1-22-10-9-19-8-7-17-14(16(19)21)11-15(20)18-12-13-5-3-2-4-6-13;/h13-14,17H,2-12H2,1H3,(H,18,20);1H. The molecule has 1 unspecified atom stereocenters. The number of hydrogen-bond donors (Lipinski definition) is 2. The van der Waals surface area contributed by atoms with Crippen molar-refractivity contribution in [2.45, 2.75) is 44.6 Å². The third-order valence-corrected chi connectivity index (χ3v) is 4.65. The van der Waals surface area contributed by atoms with Crippen LogP contribution in [0.25, 0.3) is 0 Å². The molecule has 23 heavy (non-hydrogen) atoms. The first kappa shape index (κ1) is 20.2. The first-order valence-electron chi connectivity index (χ1n) is 8.48. The maximum absolute atomic E-state index is 12.3. The molecule has 0 radical (unpaired) electrons. The summed E-state index contributed by atoms with van der Waals surface area (Å²) in [4.78, 5) is 26.2. The Hall–Kier alpha value is -0.850. The molecule has 1 aliphatic carbocycles. The SMILES string of the molecule is COCCN1CCNC(CC(=O)NCC2CCCCC2)C1=O.Cl. The van der Waals surface area contributed by atoms with Crippen molar-refractivity contribution in [1.82, 2.24) is 15.5 Å². The summed E-state index contributed by atoms with van der Waals surface area (Å²) in [5, 5.41) is 6.16. The van der Waals surface area contributed by atoms with E-state index in [1.807, 2.05) is 0 Å². The third-order valence-electron chi connectivity index (χ3n) is 4.65. The molecule has 1 saturated heterocycles. The molecule has 1 atom stereocenters. The van der Waals surface area contributed by atoms with Crippen molar-refractivity contribution in [1.29, 1.82) is 0 Å². The average Bonchev–Trinajstić information content (AvgIpc) is 2.55. The Morgan fingerprint density at radius 2 is 2.09 bits per heavy atom. The van der Waals surface area contributed by atoms with Gasteiger partial charge in [-0.15, -0.1) is 12.4 Å². The fourth-order valence-corrected chi connectivity index (χ4v) is 3.28. The molecule has 1 saturated carbocycles. The molecule has 0 spiro atoms. The van der Waals surface area contributed by atoms with Crippen LogP contribution in [-0.2, 0) is 14.3 Å². The molecule has 0 aromatic rings. The van der Waals surface area contributed by atoms with Crippen molar-refractivity contribution in [3.8, 4) is 0 Å². The van der Waals surface area contributed by atoms with E-state index in [0.717, 1.165) is 13.1 Å². The molecule has 134 valence electrons. The lowest BCUT2D eigenvalue weighted by molar-refractivity contribution is -0.138. The lowest BCUT2D eigenvalue weighted by atomic mass is 9.89. The number of carbonyl (C=O) groups excluding carboxylic acids is 2. The van der Waals surface area contributed by atoms with E-state index >= 15 is 0 Å². The summed E-state index contributed by atoms with van der Waals surface area (Å²) >= 11 is 0. The fourth-order valence-electron chi connectivity index (χ4n) is 3.28. The topological polar surface area (TPSA) is 70.7 Å². The molecule has 7 heteroatoms. The largest absolute Gasteiger partial charge is 0.383 e. The zero-order chi connectivity index (χ0) is 15.8. The Balaban J connectivity index is 0.00000264. The smallest absolute Gasteiger partial charge is 0.240 e. The Morgan fingerprint density at radius 1 is 1.35 bits per heavy atom. The molecule has 0 bridgehead atoms. The van der Waals surface area contributed by atoms with Crippen LogP contribution in [0.15, 0.2) is 0 Å². The van der Waals surface area contributed by atoms with Crippen molar-refractivity contribution < 1.29 is 14.3 Å². The first-order valence-corrected chi connectivity index (χ1v) is 8.48. The van der Waals surface area contributed by atoms with Crippen molar-refractivity contribution in [3.05, 3.63) is 0 Å². The normalized spacial score (nSPS) is 22.6. The number of carbonyl (C=O) groups is 2. The van der Waals surface area contributed by atoms with Gasteiger partial charge in [-0.25, -0.2) is 0 Å². The summed E-state index contributed by atoms with van der Waals surface area (Å²) in [5.41, 5.74) is 0. The number of amides is 2. The second-order valence-corrected chi connectivity index (χ2v) is 6.34. The Morgan fingerprint density at radius 3 is 2.78 bits per heavy atom. The molecule has 2 N–H and O–H groups in total. The highest BCUT2D eigenvalue weighted by Gasteiger charge is 2.29. The number of ether oxygens (including phenoxy) is 1. The molecule has 0 aromatic heterocycles. The molecule has 2 amide bonds. The number of hydrogen-bond acceptors (Lipinski definition) is 4. The van der Waals surface area contributed by atoms with Gasteiger partial charge < -0.3 is 20.3 Å². The maximum Gasteiger partial charge on any atom is 0.240 e. The highest BCUT2D eigenvalue weighted by molar-refractivity contribution is 5.88. The lowest BCUT2D eigenvalue weighted by Gasteiger charge is -2.33. The summed E-state index contributed by atoms with van der Waals surface area (Å²) in [5.74, 6) is 0.604. The first-order chi connectivity index (χ1) is 10.7. The van der Waals surface area contributed by atoms with Crippen LogP contribution in [-0.4, -0.2) is 62.7 Å². The highest BCUT2D eigenvalue weighted by atomic mass is 35.5. The van der Waals surface area contributed by atoms with Gasteiger partial charge in [-0.3, -0.25) is 9.59 Å². The van der Waals surface area contributed by atoms with E-state index in [0.29, 0.717) is 25.6 Å². The number of rotatable bonds is 7. The summed E-state index contributed by atoms with van der Waals surface area (Å²) in [6.07, 6.45) is 6.53. The van der Waals surface area contributed by atoms with Crippen LogP contribution >= 0.6 is 12.4 Å². The van der Waals surface area contributed by atoms with E-state index in [-0.39, 0.29) is 30.6 Å². The zero-order valence-electron chi connectivity index (χ0n) is 14.0. The molecule has 1 aliphatic heterocycles. The van der Waals surface area contributed by atoms with E-state index in [4.69, 9.17) is 4.74 Å². The monoisotopic (exact) mass is 347 g/mol. The van der Waals surface area contributed by atoms with Gasteiger partial charge in [-0.2, -0.15) is 0 Å². The summed E-state index contributed by atoms with van der Waals surface area (Å²) in [7, 11) is 1.63. The van der Waals surface area contributed by atoms with Gasteiger partial charge in [0.15, 0.2) is 0 Å². The number of nitrogens with zero attached hydrogens (tertiary/aromatic N) is 1. The highest BCUT2D eigenvalue weighted by Crippen LogP contribution is 2.22. The maximum atomic E-state index is 12.3. The lowest BCUT2D eigenvalue weighted by Crippen LogP contribution is -2.56. The third kappa shape index (κ3) is 6.65. The zero-order valence-corrected chi connectivity index (χ0v) is 14.8. The summed E-state index contributed by atoms with van der Waals surface area (Å²) < 4.78 is 5.02. The van der Waals surface area contributed by atoms with E-state index in [9.17, 15) is 9.59 Å². The van der Waals surface area contributed by atoms with Crippen molar-refractivity contribution in [2.75, 3.05) is 39.9 Å². The Labute approximate surface area is 145 Å². The fraction of sp³-hybridized carbons (Fsp3) is 0.875. The average molecular weight is 348 g/mol. The van der Waals surface area contributed by atoms with Crippen LogP contribution in [0.1, 0.15) is 38.5 Å². The van der Waals surface area contributed by atoms with E-state index < -0.39 is 6.04 Å². The van der Waals surface area contributed by atoms with Gasteiger partial charge in [-0.1, -0.05) is 19.3 Å². The van der Waals surface area contributed by atoms with Gasteiger partial charge in [0.25, 0.3) is 0 Å². The molecule has 0 aromatic carbocycles. The molecule has 2 fully saturated rings. The van der Waals surface area contributed by atoms with Gasteiger partial charge >= 0.3 is 0 Å². The predicted octanol–water partition coefficient (Wildman–Crippen LogP) is 0.942. The molecular formula is C16H30ClN3O3. The number of halogens is 1. The quantitative estimate of drug-likeness (QED) is 0.719. The second-order valence-electron chi connectivity index (χ2n) is 6.34. The second kappa shape index (κ2) is 10.8. The molecule has 2 aliphatic rings. The van der Waals surface area contributed by atoms with Gasteiger partial charge in [0, 0.05) is 33.3 Å².